The molecule has 0 radical (unpaired) electrons. The summed E-state index contributed by atoms with van der Waals surface area (Å²) in [5.41, 5.74) is 0. The Morgan fingerprint density at radius 1 is 0.545 bits per heavy atom. The first kappa shape index (κ1) is 21.4. The quantitative estimate of drug-likeness (QED) is 0.245. The monoisotopic (exact) mass is 334 g/mol. The molecule has 0 saturated carbocycles. The average Bonchev–Trinajstić information content (AvgIpc) is 1.89. The Hall–Kier alpha value is 5.15. The van der Waals surface area contributed by atoms with Crippen LogP contribution in [0.3, 0.4) is 0 Å². The van der Waals surface area contributed by atoms with E-state index in [0.717, 1.165) is 0 Å². The third-order valence-electron chi connectivity index (χ3n) is 0.167. The van der Waals surface area contributed by atoms with E-state index in [9.17, 15) is 0 Å². The van der Waals surface area contributed by atoms with E-state index in [1.165, 1.54) is 19.7 Å². The summed E-state index contributed by atoms with van der Waals surface area (Å²) in [5.74, 6) is 0. The molecule has 0 aromatic rings. The maximum Gasteiger partial charge on any atom is 1.00 e. The van der Waals surface area contributed by atoms with E-state index in [2.05, 4.69) is 23.3 Å². The molecule has 0 rings (SSSR count). The maximum absolute atomic E-state index is 4.63. The molecular weight excluding hydrogens is 335 g/mol. The Kier molecular flexibility index (Phi) is 40.0. The van der Waals surface area contributed by atoms with Gasteiger partial charge in [-0.25, -0.2) is 0 Å². The number of hydrogen-bond acceptors (Lipinski definition) is 9. The van der Waals surface area contributed by atoms with Gasteiger partial charge in [0.25, 0.3) is 0 Å². The van der Waals surface area contributed by atoms with Crippen LogP contribution >= 0.6 is 68.8 Å². The van der Waals surface area contributed by atoms with Gasteiger partial charge >= 0.3 is 59.1 Å². The standard InChI is InChI=1S/2Na.H2S9/c;;1-3-5-7-9-8-6-4-2/h;;1-2H/q2*+1;/p-2. The van der Waals surface area contributed by atoms with Crippen molar-refractivity contribution in [3.63, 3.8) is 0 Å². The van der Waals surface area contributed by atoms with E-state index in [4.69, 9.17) is 0 Å². The van der Waals surface area contributed by atoms with Crippen molar-refractivity contribution in [1.82, 2.24) is 0 Å². The van der Waals surface area contributed by atoms with Crippen LogP contribution in [0.4, 0.5) is 0 Å². The fraction of sp³-hybridized carbons (Fsp3) is 0. The molecule has 0 aromatic heterocycles. The van der Waals surface area contributed by atoms with Gasteiger partial charge < -0.3 is 23.3 Å². The van der Waals surface area contributed by atoms with E-state index in [0.29, 0.717) is 0 Å². The zero-order valence-corrected chi connectivity index (χ0v) is 17.0. The van der Waals surface area contributed by atoms with E-state index in [-0.39, 0.29) is 59.1 Å². The summed E-state index contributed by atoms with van der Waals surface area (Å²) in [6, 6.07) is 0. The van der Waals surface area contributed by atoms with Crippen molar-refractivity contribution in [2.75, 3.05) is 0 Å². The van der Waals surface area contributed by atoms with Crippen molar-refractivity contribution in [3.8, 4) is 0 Å². The zero-order chi connectivity index (χ0) is 6.95. The van der Waals surface area contributed by atoms with Gasteiger partial charge in [-0.3, -0.25) is 19.7 Å². The van der Waals surface area contributed by atoms with Gasteiger partial charge in [-0.15, -0.1) is 0 Å². The minimum atomic E-state index is 0. The van der Waals surface area contributed by atoms with Gasteiger partial charge in [-0.1, -0.05) is 0 Å². The van der Waals surface area contributed by atoms with Crippen molar-refractivity contribution in [2.24, 2.45) is 0 Å². The van der Waals surface area contributed by atoms with Gasteiger partial charge in [0.15, 0.2) is 0 Å². The molecule has 0 amide bonds. The summed E-state index contributed by atoms with van der Waals surface area (Å²) >= 11 is 9.27. The Bertz CT molecular complexity index is 40.8. The molecule has 0 atom stereocenters. The molecule has 56 valence electrons. The van der Waals surface area contributed by atoms with Crippen LogP contribution in [0.2, 0.25) is 0 Å². The molecule has 11 heavy (non-hydrogen) atoms. The van der Waals surface area contributed by atoms with Crippen LogP contribution < -0.4 is 59.1 Å². The van der Waals surface area contributed by atoms with Crippen LogP contribution in [0.15, 0.2) is 0 Å². The van der Waals surface area contributed by atoms with Crippen LogP contribution in [-0.4, -0.2) is 0 Å². The SMILES string of the molecule is [Na+].[Na+].[S-]SSSSSSS[S-]. The Balaban J connectivity index is -0.000000320. The second-order valence-electron chi connectivity index (χ2n) is 0.476. The summed E-state index contributed by atoms with van der Waals surface area (Å²) in [4.78, 5) is 0. The smallest absolute Gasteiger partial charge is 0.706 e. The Morgan fingerprint density at radius 2 is 0.818 bits per heavy atom. The van der Waals surface area contributed by atoms with Crippen molar-refractivity contribution in [2.45, 2.75) is 0 Å². The summed E-state index contributed by atoms with van der Waals surface area (Å²) < 4.78 is 0. The fourth-order valence-corrected chi connectivity index (χ4v) is 13.8. The van der Waals surface area contributed by atoms with Gasteiger partial charge in [-0.2, -0.15) is 0 Å². The second kappa shape index (κ2) is 20.5. The molecule has 0 bridgehead atoms. The first-order valence-corrected chi connectivity index (χ1v) is 12.0. The predicted molar refractivity (Wildman–Crippen MR) is 67.9 cm³/mol. The number of hydrogen-bond donors (Lipinski definition) is 0. The first-order chi connectivity index (χ1) is 4.41. The Labute approximate surface area is 148 Å². The summed E-state index contributed by atoms with van der Waals surface area (Å²) in [5, 5.41) is 0. The molecule has 0 fully saturated rings. The third-order valence-corrected chi connectivity index (χ3v) is 13.5. The topological polar surface area (TPSA) is 0 Å². The van der Waals surface area contributed by atoms with E-state index in [1.807, 2.05) is 0 Å². The zero-order valence-electron chi connectivity index (χ0n) is 5.67. The van der Waals surface area contributed by atoms with Crippen molar-refractivity contribution < 1.29 is 59.1 Å². The van der Waals surface area contributed by atoms with E-state index in [1.54, 1.807) is 49.1 Å². The average molecular weight is 335 g/mol. The predicted octanol–water partition coefficient (Wildman–Crippen LogP) is -1.46. The van der Waals surface area contributed by atoms with Crippen molar-refractivity contribution in [1.29, 1.82) is 0 Å². The van der Waals surface area contributed by atoms with Crippen LogP contribution in [0.1, 0.15) is 0 Å². The molecule has 0 aliphatic rings. The van der Waals surface area contributed by atoms with Gasteiger partial charge in [0.2, 0.25) is 0 Å². The van der Waals surface area contributed by atoms with Crippen molar-refractivity contribution in [3.05, 3.63) is 0 Å². The van der Waals surface area contributed by atoms with Crippen LogP contribution in [0.5, 0.6) is 0 Å². The largest absolute Gasteiger partial charge is 1.00 e. The molecular formula is Na2S9. The van der Waals surface area contributed by atoms with E-state index >= 15 is 0 Å². The fourth-order valence-electron chi connectivity index (χ4n) is 0.0567. The van der Waals surface area contributed by atoms with Gasteiger partial charge in [-0.05, 0) is 49.1 Å². The van der Waals surface area contributed by atoms with Crippen LogP contribution in [-0.2, 0) is 23.3 Å². The van der Waals surface area contributed by atoms with E-state index < -0.39 is 0 Å². The molecule has 0 spiro atoms. The molecule has 0 N–H and O–H groups in total. The van der Waals surface area contributed by atoms with Gasteiger partial charge in [0.1, 0.15) is 0 Å². The summed E-state index contributed by atoms with van der Waals surface area (Å²) in [7, 11) is 10.9. The third kappa shape index (κ3) is 21.1. The molecule has 0 saturated heterocycles. The van der Waals surface area contributed by atoms with Crippen LogP contribution in [0, 0.1) is 0 Å². The molecule has 0 unspecified atom stereocenters. The molecule has 0 nitrogen and oxygen atoms in total. The van der Waals surface area contributed by atoms with Gasteiger partial charge in [0, 0.05) is 0 Å². The first-order valence-electron chi connectivity index (χ1n) is 1.33. The minimum absolute atomic E-state index is 0. The second-order valence-corrected chi connectivity index (χ2v) is 12.9. The van der Waals surface area contributed by atoms with Gasteiger partial charge in [0.05, 0.1) is 0 Å². The normalized spacial score (nSPS) is 8.18. The molecule has 11 heteroatoms. The minimum Gasteiger partial charge on any atom is -0.706 e. The molecule has 0 aliphatic carbocycles. The van der Waals surface area contributed by atoms with Crippen LogP contribution in [0.25, 0.3) is 0 Å². The maximum atomic E-state index is 4.63. The summed E-state index contributed by atoms with van der Waals surface area (Å²) in [6.45, 7) is 0. The van der Waals surface area contributed by atoms with Crippen molar-refractivity contribution >= 4 is 92.1 Å². The Morgan fingerprint density at radius 3 is 1.09 bits per heavy atom. The summed E-state index contributed by atoms with van der Waals surface area (Å²) in [6.07, 6.45) is 0. The molecule has 0 aliphatic heterocycles. The number of rotatable bonds is 6. The molecule has 0 aromatic carbocycles. The molecule has 0 heterocycles.